The molecule has 4 rings (SSSR count). The van der Waals surface area contributed by atoms with Gasteiger partial charge in [-0.05, 0) is 68.1 Å². The number of aryl methyl sites for hydroxylation is 1. The van der Waals surface area contributed by atoms with E-state index in [0.29, 0.717) is 23.4 Å². The SMILES string of the molecule is COc1cc2c(Oc3ccc(OC4CCC4)cc3)c(C(=O)O)sc2cc1C. The van der Waals surface area contributed by atoms with Crippen molar-refractivity contribution in [1.82, 2.24) is 0 Å². The van der Waals surface area contributed by atoms with E-state index in [1.165, 1.54) is 17.8 Å². The standard InChI is InChI=1S/C21H20O5S/c1-12-10-18-16(11-17(12)24-2)19(20(27-18)21(22)23)26-15-8-6-14(7-9-15)25-13-4-3-5-13/h6-11,13H,3-5H2,1-2H3,(H,22,23). The van der Waals surface area contributed by atoms with Crippen LogP contribution in [0.5, 0.6) is 23.0 Å². The summed E-state index contributed by atoms with van der Waals surface area (Å²) in [6, 6.07) is 11.1. The summed E-state index contributed by atoms with van der Waals surface area (Å²) >= 11 is 1.20. The molecule has 1 N–H and O–H groups in total. The molecule has 0 atom stereocenters. The molecule has 0 spiro atoms. The second kappa shape index (κ2) is 7.12. The zero-order valence-electron chi connectivity index (χ0n) is 15.2. The molecule has 0 unspecified atom stereocenters. The van der Waals surface area contributed by atoms with Gasteiger partial charge in [0.1, 0.15) is 17.2 Å². The van der Waals surface area contributed by atoms with Gasteiger partial charge >= 0.3 is 5.97 Å². The highest BCUT2D eigenvalue weighted by Crippen LogP contribution is 2.43. The number of thiophene rings is 1. The van der Waals surface area contributed by atoms with Gasteiger partial charge in [-0.3, -0.25) is 0 Å². The highest BCUT2D eigenvalue weighted by Gasteiger charge is 2.22. The molecule has 2 aromatic carbocycles. The van der Waals surface area contributed by atoms with Gasteiger partial charge in [-0.2, -0.15) is 0 Å². The fourth-order valence-electron chi connectivity index (χ4n) is 3.05. The minimum Gasteiger partial charge on any atom is -0.496 e. The average molecular weight is 384 g/mol. The summed E-state index contributed by atoms with van der Waals surface area (Å²) in [5.41, 5.74) is 0.951. The summed E-state index contributed by atoms with van der Waals surface area (Å²) in [6.07, 6.45) is 3.73. The van der Waals surface area contributed by atoms with Crippen molar-refractivity contribution in [3.05, 3.63) is 46.8 Å². The Morgan fingerprint density at radius 2 is 1.85 bits per heavy atom. The number of aromatic carboxylic acids is 1. The average Bonchev–Trinajstić information content (AvgIpc) is 2.96. The van der Waals surface area contributed by atoms with Crippen molar-refractivity contribution < 1.29 is 24.1 Å². The Kier molecular flexibility index (Phi) is 4.66. The highest BCUT2D eigenvalue weighted by atomic mass is 32.1. The topological polar surface area (TPSA) is 65.0 Å². The zero-order valence-corrected chi connectivity index (χ0v) is 16.0. The Bertz CT molecular complexity index is 986. The van der Waals surface area contributed by atoms with E-state index in [0.717, 1.165) is 34.2 Å². The first kappa shape index (κ1) is 17.7. The van der Waals surface area contributed by atoms with Crippen molar-refractivity contribution in [3.8, 4) is 23.0 Å². The number of hydrogen-bond acceptors (Lipinski definition) is 5. The Morgan fingerprint density at radius 3 is 2.44 bits per heavy atom. The number of carboxylic acids is 1. The predicted octanol–water partition coefficient (Wildman–Crippen LogP) is 5.64. The number of methoxy groups -OCH3 is 1. The first-order valence-electron chi connectivity index (χ1n) is 8.84. The van der Waals surface area contributed by atoms with E-state index in [9.17, 15) is 9.90 Å². The van der Waals surface area contributed by atoms with E-state index in [1.807, 2.05) is 31.2 Å². The normalized spacial score (nSPS) is 14.0. The van der Waals surface area contributed by atoms with Gasteiger partial charge in [-0.1, -0.05) is 0 Å². The van der Waals surface area contributed by atoms with E-state index in [-0.39, 0.29) is 4.88 Å². The van der Waals surface area contributed by atoms with Crippen LogP contribution in [0.4, 0.5) is 0 Å². The number of carboxylic acid groups (broad SMARTS) is 1. The second-order valence-corrected chi connectivity index (χ2v) is 7.68. The van der Waals surface area contributed by atoms with Crippen LogP contribution >= 0.6 is 11.3 Å². The summed E-state index contributed by atoms with van der Waals surface area (Å²) in [6.45, 7) is 1.93. The molecule has 1 aliphatic carbocycles. The van der Waals surface area contributed by atoms with Gasteiger partial charge in [-0.15, -0.1) is 11.3 Å². The van der Waals surface area contributed by atoms with Gasteiger partial charge in [0, 0.05) is 10.1 Å². The molecule has 140 valence electrons. The van der Waals surface area contributed by atoms with Crippen molar-refractivity contribution >= 4 is 27.4 Å². The molecule has 27 heavy (non-hydrogen) atoms. The summed E-state index contributed by atoms with van der Waals surface area (Å²) in [4.78, 5) is 11.9. The predicted molar refractivity (Wildman–Crippen MR) is 105 cm³/mol. The number of ether oxygens (including phenoxy) is 3. The summed E-state index contributed by atoms with van der Waals surface area (Å²) in [7, 11) is 1.60. The maximum absolute atomic E-state index is 11.7. The van der Waals surface area contributed by atoms with Gasteiger partial charge in [0.25, 0.3) is 0 Å². The van der Waals surface area contributed by atoms with E-state index in [2.05, 4.69) is 0 Å². The molecular weight excluding hydrogens is 364 g/mol. The van der Waals surface area contributed by atoms with Crippen LogP contribution in [-0.2, 0) is 0 Å². The Labute approximate surface area is 161 Å². The van der Waals surface area contributed by atoms with Gasteiger partial charge < -0.3 is 19.3 Å². The molecule has 0 amide bonds. The molecule has 0 saturated heterocycles. The lowest BCUT2D eigenvalue weighted by Gasteiger charge is -2.26. The van der Waals surface area contributed by atoms with Gasteiger partial charge in [0.15, 0.2) is 10.6 Å². The maximum Gasteiger partial charge on any atom is 0.349 e. The van der Waals surface area contributed by atoms with Crippen LogP contribution in [0.15, 0.2) is 36.4 Å². The lowest BCUT2D eigenvalue weighted by molar-refractivity contribution is 0.0700. The molecule has 1 aliphatic rings. The molecule has 3 aromatic rings. The molecule has 1 heterocycles. The van der Waals surface area contributed by atoms with Gasteiger partial charge in [0.05, 0.1) is 13.2 Å². The van der Waals surface area contributed by atoms with E-state index < -0.39 is 5.97 Å². The molecule has 5 nitrogen and oxygen atoms in total. The minimum atomic E-state index is -1.01. The first-order chi connectivity index (χ1) is 13.0. The number of carbonyl (C=O) groups is 1. The van der Waals surface area contributed by atoms with Crippen molar-refractivity contribution in [2.24, 2.45) is 0 Å². The van der Waals surface area contributed by atoms with Crippen molar-refractivity contribution in [3.63, 3.8) is 0 Å². The highest BCUT2D eigenvalue weighted by molar-refractivity contribution is 7.21. The fourth-order valence-corrected chi connectivity index (χ4v) is 4.10. The van der Waals surface area contributed by atoms with Crippen LogP contribution in [0.25, 0.3) is 10.1 Å². The molecule has 1 fully saturated rings. The number of rotatable bonds is 6. The maximum atomic E-state index is 11.7. The molecule has 1 aromatic heterocycles. The Hall–Kier alpha value is -2.73. The summed E-state index contributed by atoms with van der Waals surface area (Å²) < 4.78 is 18.1. The molecule has 0 aliphatic heterocycles. The number of benzene rings is 2. The smallest absolute Gasteiger partial charge is 0.349 e. The van der Waals surface area contributed by atoms with Crippen molar-refractivity contribution in [2.75, 3.05) is 7.11 Å². The fraction of sp³-hybridized carbons (Fsp3) is 0.286. The van der Waals surface area contributed by atoms with Crippen LogP contribution < -0.4 is 14.2 Å². The number of fused-ring (bicyclic) bond motifs is 1. The van der Waals surface area contributed by atoms with Crippen molar-refractivity contribution in [2.45, 2.75) is 32.3 Å². The van der Waals surface area contributed by atoms with Crippen molar-refractivity contribution in [1.29, 1.82) is 0 Å². The van der Waals surface area contributed by atoms with Crippen LogP contribution in [-0.4, -0.2) is 24.3 Å². The monoisotopic (exact) mass is 384 g/mol. The molecule has 0 radical (unpaired) electrons. The minimum absolute atomic E-state index is 0.174. The molecule has 1 saturated carbocycles. The van der Waals surface area contributed by atoms with Gasteiger partial charge in [0.2, 0.25) is 0 Å². The number of hydrogen-bond donors (Lipinski definition) is 1. The summed E-state index contributed by atoms with van der Waals surface area (Å²) in [5.74, 6) is 1.41. The quantitative estimate of drug-likeness (QED) is 0.596. The van der Waals surface area contributed by atoms with Crippen LogP contribution in [0.1, 0.15) is 34.5 Å². The van der Waals surface area contributed by atoms with Gasteiger partial charge in [-0.25, -0.2) is 4.79 Å². The first-order valence-corrected chi connectivity index (χ1v) is 9.66. The van der Waals surface area contributed by atoms with Crippen LogP contribution in [0.2, 0.25) is 0 Å². The lowest BCUT2D eigenvalue weighted by atomic mass is 9.96. The van der Waals surface area contributed by atoms with E-state index in [4.69, 9.17) is 14.2 Å². The second-order valence-electron chi connectivity index (χ2n) is 6.63. The third-order valence-electron chi connectivity index (χ3n) is 4.75. The Morgan fingerprint density at radius 1 is 1.15 bits per heavy atom. The van der Waals surface area contributed by atoms with Crippen LogP contribution in [0, 0.1) is 6.92 Å². The Balaban J connectivity index is 1.67. The largest absolute Gasteiger partial charge is 0.496 e. The van der Waals surface area contributed by atoms with E-state index >= 15 is 0 Å². The molecule has 6 heteroatoms. The molecular formula is C21H20O5S. The zero-order chi connectivity index (χ0) is 19.0. The van der Waals surface area contributed by atoms with E-state index in [1.54, 1.807) is 19.2 Å². The molecule has 0 bridgehead atoms. The van der Waals surface area contributed by atoms with Crippen LogP contribution in [0.3, 0.4) is 0 Å². The summed E-state index contributed by atoms with van der Waals surface area (Å²) in [5, 5.41) is 10.3. The third kappa shape index (κ3) is 3.45. The lowest BCUT2D eigenvalue weighted by Crippen LogP contribution is -2.24. The third-order valence-corrected chi connectivity index (χ3v) is 5.87.